The molecule has 0 aromatic heterocycles. The van der Waals surface area contributed by atoms with Crippen LogP contribution in [0.5, 0.6) is 0 Å². The monoisotopic (exact) mass is 709 g/mol. The van der Waals surface area contributed by atoms with E-state index in [0.717, 1.165) is 77.2 Å². The fourth-order valence-electron chi connectivity index (χ4n) is 6.88. The molecule has 0 N–H and O–H groups in total. The first-order chi connectivity index (χ1) is 24.5. The number of hydrogen-bond donors (Lipinski definition) is 0. The molecular formula is C43H80O7. The van der Waals surface area contributed by atoms with Gasteiger partial charge in [-0.05, 0) is 70.6 Å². The van der Waals surface area contributed by atoms with E-state index in [4.69, 9.17) is 18.9 Å². The minimum absolute atomic E-state index is 0.115. The summed E-state index contributed by atoms with van der Waals surface area (Å²) >= 11 is 0. The predicted molar refractivity (Wildman–Crippen MR) is 205 cm³/mol. The van der Waals surface area contributed by atoms with Crippen LogP contribution in [0.1, 0.15) is 226 Å². The van der Waals surface area contributed by atoms with Crippen molar-refractivity contribution in [2.45, 2.75) is 245 Å². The van der Waals surface area contributed by atoms with Gasteiger partial charge >= 0.3 is 17.9 Å². The summed E-state index contributed by atoms with van der Waals surface area (Å²) in [5, 5.41) is 0. The highest BCUT2D eigenvalue weighted by molar-refractivity contribution is 5.70. The molecule has 0 aromatic carbocycles. The van der Waals surface area contributed by atoms with E-state index >= 15 is 0 Å². The van der Waals surface area contributed by atoms with Gasteiger partial charge in [0.2, 0.25) is 0 Å². The van der Waals surface area contributed by atoms with E-state index in [9.17, 15) is 14.4 Å². The molecule has 294 valence electrons. The lowest BCUT2D eigenvalue weighted by atomic mass is 10.0. The van der Waals surface area contributed by atoms with Gasteiger partial charge in [-0.25, -0.2) is 0 Å². The van der Waals surface area contributed by atoms with Gasteiger partial charge in [-0.15, -0.1) is 0 Å². The zero-order valence-corrected chi connectivity index (χ0v) is 33.1. The maximum absolute atomic E-state index is 12.9. The first kappa shape index (κ1) is 46.4. The van der Waals surface area contributed by atoms with Gasteiger partial charge < -0.3 is 18.9 Å². The van der Waals surface area contributed by atoms with Crippen molar-refractivity contribution in [2.75, 3.05) is 13.2 Å². The highest BCUT2D eigenvalue weighted by atomic mass is 16.6. The van der Waals surface area contributed by atoms with Gasteiger partial charge in [0.25, 0.3) is 0 Å². The SMILES string of the molecule is CCCCCCCCCC(=O)OCCC[C@H](CC[C@H](CC[C@@H]1CCCO1)OC(=O)CCCCCCCCC)OC(=O)CCCCCCCCC. The molecule has 3 atom stereocenters. The minimum atomic E-state index is -0.277. The van der Waals surface area contributed by atoms with Crippen molar-refractivity contribution >= 4 is 17.9 Å². The molecule has 50 heavy (non-hydrogen) atoms. The molecule has 0 aromatic rings. The minimum Gasteiger partial charge on any atom is -0.466 e. The largest absolute Gasteiger partial charge is 0.466 e. The summed E-state index contributed by atoms with van der Waals surface area (Å²) < 4.78 is 23.5. The topological polar surface area (TPSA) is 88.1 Å². The second-order valence-corrected chi connectivity index (χ2v) is 15.0. The average Bonchev–Trinajstić information content (AvgIpc) is 3.63. The van der Waals surface area contributed by atoms with E-state index in [1.165, 1.54) is 89.9 Å². The number of esters is 3. The molecule has 7 nitrogen and oxygen atoms in total. The Kier molecular flexibility index (Phi) is 32.0. The van der Waals surface area contributed by atoms with Gasteiger partial charge in [0.15, 0.2) is 0 Å². The summed E-state index contributed by atoms with van der Waals surface area (Å²) in [6.45, 7) is 7.83. The maximum Gasteiger partial charge on any atom is 0.306 e. The summed E-state index contributed by atoms with van der Waals surface area (Å²) in [4.78, 5) is 38.1. The summed E-state index contributed by atoms with van der Waals surface area (Å²) in [5.41, 5.74) is 0. The molecule has 0 spiro atoms. The summed E-state index contributed by atoms with van der Waals surface area (Å²) in [6, 6.07) is 0. The molecule has 7 heteroatoms. The highest BCUT2D eigenvalue weighted by Crippen LogP contribution is 2.23. The number of hydrogen-bond acceptors (Lipinski definition) is 7. The first-order valence-electron chi connectivity index (χ1n) is 21.6. The Bertz CT molecular complexity index is 794. The summed E-state index contributed by atoms with van der Waals surface area (Å²) in [7, 11) is 0. The van der Waals surface area contributed by atoms with E-state index in [1.807, 2.05) is 0 Å². The van der Waals surface area contributed by atoms with Gasteiger partial charge in [0.1, 0.15) is 12.2 Å². The predicted octanol–water partition coefficient (Wildman–Crippen LogP) is 12.3. The van der Waals surface area contributed by atoms with E-state index in [-0.39, 0.29) is 36.2 Å². The van der Waals surface area contributed by atoms with Gasteiger partial charge in [0, 0.05) is 25.9 Å². The Morgan fingerprint density at radius 1 is 0.520 bits per heavy atom. The van der Waals surface area contributed by atoms with Crippen molar-refractivity contribution < 1.29 is 33.3 Å². The molecule has 1 aliphatic rings. The van der Waals surface area contributed by atoms with Crippen LogP contribution >= 0.6 is 0 Å². The molecule has 0 unspecified atom stereocenters. The van der Waals surface area contributed by atoms with Crippen molar-refractivity contribution in [2.24, 2.45) is 0 Å². The van der Waals surface area contributed by atoms with E-state index in [0.29, 0.717) is 51.6 Å². The van der Waals surface area contributed by atoms with Gasteiger partial charge in [-0.1, -0.05) is 136 Å². The van der Waals surface area contributed by atoms with E-state index in [1.54, 1.807) is 0 Å². The number of unbranched alkanes of at least 4 members (excludes halogenated alkanes) is 18. The van der Waals surface area contributed by atoms with Crippen LogP contribution in [0, 0.1) is 0 Å². The number of ether oxygens (including phenoxy) is 4. The normalized spacial score (nSPS) is 15.5. The zero-order chi connectivity index (χ0) is 36.3. The average molecular weight is 709 g/mol. The van der Waals surface area contributed by atoms with Crippen LogP contribution in [-0.2, 0) is 33.3 Å². The Morgan fingerprint density at radius 3 is 1.38 bits per heavy atom. The lowest BCUT2D eigenvalue weighted by molar-refractivity contribution is -0.154. The summed E-state index contributed by atoms with van der Waals surface area (Å²) in [6.07, 6.45) is 32.0. The van der Waals surface area contributed by atoms with E-state index in [2.05, 4.69) is 20.8 Å². The third-order valence-electron chi connectivity index (χ3n) is 10.1. The fourth-order valence-corrected chi connectivity index (χ4v) is 6.88. The Morgan fingerprint density at radius 2 is 0.940 bits per heavy atom. The van der Waals surface area contributed by atoms with Crippen LogP contribution in [-0.4, -0.2) is 49.4 Å². The highest BCUT2D eigenvalue weighted by Gasteiger charge is 2.23. The quantitative estimate of drug-likeness (QED) is 0.0363. The molecule has 0 bridgehead atoms. The van der Waals surface area contributed by atoms with Gasteiger partial charge in [-0.3, -0.25) is 14.4 Å². The van der Waals surface area contributed by atoms with E-state index < -0.39 is 0 Å². The Labute approximate surface area is 308 Å². The van der Waals surface area contributed by atoms with Crippen molar-refractivity contribution in [3.8, 4) is 0 Å². The first-order valence-corrected chi connectivity index (χ1v) is 21.6. The molecule has 1 saturated heterocycles. The summed E-state index contributed by atoms with van der Waals surface area (Å²) in [5.74, 6) is -0.393. The van der Waals surface area contributed by atoms with Crippen molar-refractivity contribution in [1.82, 2.24) is 0 Å². The number of carbonyl (C=O) groups excluding carboxylic acids is 3. The lowest BCUT2D eigenvalue weighted by Crippen LogP contribution is -2.25. The molecule has 1 rings (SSSR count). The third kappa shape index (κ3) is 29.0. The second-order valence-electron chi connectivity index (χ2n) is 15.0. The molecule has 0 aliphatic carbocycles. The molecule has 1 fully saturated rings. The molecule has 1 heterocycles. The second kappa shape index (κ2) is 34.5. The smallest absolute Gasteiger partial charge is 0.306 e. The van der Waals surface area contributed by atoms with Crippen LogP contribution < -0.4 is 0 Å². The number of rotatable bonds is 36. The molecule has 1 aliphatic heterocycles. The molecule has 0 amide bonds. The van der Waals surface area contributed by atoms with Crippen LogP contribution in [0.15, 0.2) is 0 Å². The molecule has 0 saturated carbocycles. The molecular weight excluding hydrogens is 628 g/mol. The van der Waals surface area contributed by atoms with Crippen molar-refractivity contribution in [3.63, 3.8) is 0 Å². The molecule has 0 radical (unpaired) electrons. The van der Waals surface area contributed by atoms with Crippen LogP contribution in [0.4, 0.5) is 0 Å². The van der Waals surface area contributed by atoms with Gasteiger partial charge in [-0.2, -0.15) is 0 Å². The lowest BCUT2D eigenvalue weighted by Gasteiger charge is -2.23. The zero-order valence-electron chi connectivity index (χ0n) is 33.1. The van der Waals surface area contributed by atoms with Gasteiger partial charge in [0.05, 0.1) is 12.7 Å². The Hall–Kier alpha value is -1.63. The number of carbonyl (C=O) groups is 3. The maximum atomic E-state index is 12.9. The van der Waals surface area contributed by atoms with Crippen molar-refractivity contribution in [3.05, 3.63) is 0 Å². The van der Waals surface area contributed by atoms with Crippen LogP contribution in [0.25, 0.3) is 0 Å². The van der Waals surface area contributed by atoms with Crippen LogP contribution in [0.3, 0.4) is 0 Å². The van der Waals surface area contributed by atoms with Crippen LogP contribution in [0.2, 0.25) is 0 Å². The fraction of sp³-hybridized carbons (Fsp3) is 0.930. The van der Waals surface area contributed by atoms with Crippen molar-refractivity contribution in [1.29, 1.82) is 0 Å². The standard InChI is InChI=1S/C43H80O7/c1-4-7-10-13-16-19-22-29-41(44)48-37-26-28-39(49-42(45)30-23-20-17-14-11-8-5-2)34-35-40(33-32-38-27-25-36-47-38)50-43(46)31-24-21-18-15-12-9-6-3/h38-40H,4-37H2,1-3H3/t38-,39+,40-/m0/s1. The third-order valence-corrected chi connectivity index (χ3v) is 10.1. The Balaban J connectivity index is 2.60.